The molecule has 0 fully saturated rings. The number of nitrogens with zero attached hydrogens (tertiary/aromatic N) is 3. The van der Waals surface area contributed by atoms with Crippen molar-refractivity contribution in [2.24, 2.45) is 16.8 Å². The zero-order valence-corrected chi connectivity index (χ0v) is 14.7. The van der Waals surface area contributed by atoms with Crippen LogP contribution in [0.2, 0.25) is 0 Å². The van der Waals surface area contributed by atoms with Crippen LogP contribution in [-0.2, 0) is 12.3 Å². The molecule has 2 aromatic rings. The van der Waals surface area contributed by atoms with E-state index in [-0.39, 0.29) is 5.56 Å². The number of nitrogens with two attached hydrogens (primary N) is 2. The monoisotopic (exact) mass is 423 g/mol. The Hall–Kier alpha value is -2.89. The summed E-state index contributed by atoms with van der Waals surface area (Å²) in [7, 11) is 0. The summed E-state index contributed by atoms with van der Waals surface area (Å²) in [6.07, 6.45) is -4.40. The average molecular weight is 423 g/mol. The fourth-order valence-electron chi connectivity index (χ4n) is 2.67. The van der Waals surface area contributed by atoms with Gasteiger partial charge in [-0.15, -0.1) is 0 Å². The van der Waals surface area contributed by atoms with Crippen LogP contribution in [0.4, 0.5) is 30.7 Å². The van der Waals surface area contributed by atoms with E-state index >= 15 is 8.78 Å². The molecule has 0 aliphatic carbocycles. The Kier molecular flexibility index (Phi) is 6.67. The van der Waals surface area contributed by atoms with Gasteiger partial charge in [0.2, 0.25) is 0 Å². The van der Waals surface area contributed by atoms with Crippen LogP contribution >= 0.6 is 0 Å². The minimum absolute atomic E-state index is 0.322. The van der Waals surface area contributed by atoms with Crippen molar-refractivity contribution in [2.45, 2.75) is 24.4 Å². The van der Waals surface area contributed by atoms with Gasteiger partial charge in [-0.2, -0.15) is 27.1 Å². The summed E-state index contributed by atoms with van der Waals surface area (Å²) in [5, 5.41) is 3.74. The summed E-state index contributed by atoms with van der Waals surface area (Å²) in [5.74, 6) is 2.33. The molecule has 158 valence electrons. The smallest absolute Gasteiger partial charge is 0.322 e. The van der Waals surface area contributed by atoms with E-state index in [9.17, 15) is 22.0 Å². The third kappa shape index (κ3) is 5.79. The molecule has 1 atom stereocenters. The van der Waals surface area contributed by atoms with E-state index in [2.05, 4.69) is 10.1 Å². The van der Waals surface area contributed by atoms with Gasteiger partial charge >= 0.3 is 6.18 Å². The second-order valence-electron chi connectivity index (χ2n) is 6.15. The predicted octanol–water partition coefficient (Wildman–Crippen LogP) is 3.42. The van der Waals surface area contributed by atoms with Gasteiger partial charge in [-0.05, 0) is 23.3 Å². The van der Waals surface area contributed by atoms with E-state index < -0.39 is 53.9 Å². The van der Waals surface area contributed by atoms with Crippen molar-refractivity contribution in [1.29, 1.82) is 0 Å². The van der Waals surface area contributed by atoms with E-state index in [0.29, 0.717) is 23.3 Å². The van der Waals surface area contributed by atoms with Crippen LogP contribution in [0.3, 0.4) is 0 Å². The maximum Gasteiger partial charge on any atom is 0.393 e. The van der Waals surface area contributed by atoms with Gasteiger partial charge < -0.3 is 5.84 Å². The Labute approximate surface area is 160 Å². The maximum atomic E-state index is 15.2. The highest BCUT2D eigenvalue weighted by Crippen LogP contribution is 2.42. The molecule has 29 heavy (non-hydrogen) atoms. The number of hydrazine groups is 1. The number of halogens is 7. The van der Waals surface area contributed by atoms with Crippen LogP contribution in [0.15, 0.2) is 41.6 Å². The van der Waals surface area contributed by atoms with Crippen molar-refractivity contribution >= 4 is 6.34 Å². The molecule has 4 N–H and O–H groups in total. The van der Waals surface area contributed by atoms with Gasteiger partial charge in [-0.1, -0.05) is 12.1 Å². The van der Waals surface area contributed by atoms with Crippen LogP contribution in [-0.4, -0.2) is 29.1 Å². The number of hydrogen-bond donors (Lipinski definition) is 2. The molecule has 0 radical (unpaired) electrons. The molecule has 1 unspecified atom stereocenters. The molecule has 12 heteroatoms. The van der Waals surface area contributed by atoms with Gasteiger partial charge in [-0.3, -0.25) is 9.99 Å². The Morgan fingerprint density at radius 1 is 1.10 bits per heavy atom. The molecule has 0 saturated carbocycles. The fraction of sp³-hybridized carbons (Fsp3) is 0.294. The summed E-state index contributed by atoms with van der Waals surface area (Å²) in [4.78, 5) is 3.42. The van der Waals surface area contributed by atoms with Crippen molar-refractivity contribution in [3.05, 3.63) is 65.0 Å². The van der Waals surface area contributed by atoms with Crippen LogP contribution in [0.1, 0.15) is 22.7 Å². The standard InChI is InChI=1S/C17H16F7N5/c18-11-2-3-12(14(19)5-11)13(8-29(26)9-28-25)17(23,24)15-4-1-10(7-27-15)6-16(20,21)22/h1-5,7,9,13H,6,8,25-26H2/b28-9-. The van der Waals surface area contributed by atoms with E-state index in [0.717, 1.165) is 24.5 Å². The molecule has 0 spiro atoms. The third-order valence-electron chi connectivity index (χ3n) is 3.95. The number of alkyl halides is 5. The molecule has 1 heterocycles. The number of aromatic nitrogens is 1. The van der Waals surface area contributed by atoms with Gasteiger partial charge in [0.1, 0.15) is 23.7 Å². The molecule has 0 aliphatic rings. The minimum atomic E-state index is -4.53. The number of hydrazone groups is 1. The second kappa shape index (κ2) is 8.64. The van der Waals surface area contributed by atoms with Crippen molar-refractivity contribution in [3.8, 4) is 0 Å². The number of rotatable bonds is 7. The van der Waals surface area contributed by atoms with Gasteiger partial charge in [0.05, 0.1) is 12.3 Å². The second-order valence-corrected chi connectivity index (χ2v) is 6.15. The van der Waals surface area contributed by atoms with Crippen molar-refractivity contribution in [3.63, 3.8) is 0 Å². The predicted molar refractivity (Wildman–Crippen MR) is 90.6 cm³/mol. The summed E-state index contributed by atoms with van der Waals surface area (Å²) < 4.78 is 95.0. The van der Waals surface area contributed by atoms with Crippen LogP contribution in [0.25, 0.3) is 0 Å². The van der Waals surface area contributed by atoms with E-state index in [1.165, 1.54) is 0 Å². The SMILES string of the molecule is N/N=C\N(N)CC(c1ccc(F)cc1F)C(F)(F)c1ccc(CC(F)(F)F)cn1. The zero-order chi connectivity index (χ0) is 21.8. The highest BCUT2D eigenvalue weighted by Gasteiger charge is 2.45. The van der Waals surface area contributed by atoms with Crippen molar-refractivity contribution in [1.82, 2.24) is 9.99 Å². The van der Waals surface area contributed by atoms with Gasteiger partial charge in [0.15, 0.2) is 0 Å². The molecule has 5 nitrogen and oxygen atoms in total. The molecule has 0 bridgehead atoms. The molecule has 1 aromatic carbocycles. The lowest BCUT2D eigenvalue weighted by molar-refractivity contribution is -0.127. The highest BCUT2D eigenvalue weighted by molar-refractivity contribution is 5.53. The first kappa shape index (κ1) is 22.4. The van der Waals surface area contributed by atoms with E-state index in [1.54, 1.807) is 0 Å². The van der Waals surface area contributed by atoms with Gasteiger partial charge in [0, 0.05) is 18.8 Å². The molecule has 0 saturated heterocycles. The Morgan fingerprint density at radius 3 is 2.31 bits per heavy atom. The molecule has 0 amide bonds. The van der Waals surface area contributed by atoms with E-state index in [4.69, 9.17) is 11.7 Å². The van der Waals surface area contributed by atoms with Crippen LogP contribution in [0.5, 0.6) is 0 Å². The average Bonchev–Trinajstić information content (AvgIpc) is 2.59. The third-order valence-corrected chi connectivity index (χ3v) is 3.95. The summed E-state index contributed by atoms with van der Waals surface area (Å²) >= 11 is 0. The Balaban J connectivity index is 2.44. The van der Waals surface area contributed by atoms with Crippen molar-refractivity contribution < 1.29 is 30.7 Å². The van der Waals surface area contributed by atoms with Crippen LogP contribution < -0.4 is 11.7 Å². The maximum absolute atomic E-state index is 15.2. The first-order chi connectivity index (χ1) is 13.4. The topological polar surface area (TPSA) is 80.5 Å². The fourth-order valence-corrected chi connectivity index (χ4v) is 2.67. The summed E-state index contributed by atoms with van der Waals surface area (Å²) in [5.41, 5.74) is -1.80. The quantitative estimate of drug-likeness (QED) is 0.235. The first-order valence-electron chi connectivity index (χ1n) is 8.03. The van der Waals surface area contributed by atoms with Crippen molar-refractivity contribution in [2.75, 3.05) is 6.54 Å². The number of benzene rings is 1. The molecule has 2 rings (SSSR count). The lowest BCUT2D eigenvalue weighted by Crippen LogP contribution is -2.40. The van der Waals surface area contributed by atoms with E-state index in [1.807, 2.05) is 0 Å². The largest absolute Gasteiger partial charge is 0.393 e. The molecular weight excluding hydrogens is 407 g/mol. The Morgan fingerprint density at radius 2 is 1.79 bits per heavy atom. The summed E-state index contributed by atoms with van der Waals surface area (Å²) in [6.45, 7) is -0.706. The molecule has 0 aliphatic heterocycles. The van der Waals surface area contributed by atoms with Gasteiger partial charge in [0.25, 0.3) is 5.92 Å². The molecule has 1 aromatic heterocycles. The minimum Gasteiger partial charge on any atom is -0.322 e. The highest BCUT2D eigenvalue weighted by atomic mass is 19.4. The van der Waals surface area contributed by atoms with Crippen LogP contribution in [0, 0.1) is 11.6 Å². The number of pyridine rings is 1. The number of hydrogen-bond acceptors (Lipinski definition) is 4. The Bertz CT molecular complexity index is 852. The normalized spacial score (nSPS) is 13.7. The van der Waals surface area contributed by atoms with Gasteiger partial charge in [-0.25, -0.2) is 14.6 Å². The lowest BCUT2D eigenvalue weighted by atomic mass is 9.89. The molecular formula is C17H16F7N5. The summed E-state index contributed by atoms with van der Waals surface area (Å²) in [6, 6.07) is 3.61. The first-order valence-corrected chi connectivity index (χ1v) is 8.03. The lowest BCUT2D eigenvalue weighted by Gasteiger charge is -2.29. The zero-order valence-electron chi connectivity index (χ0n) is 14.7.